The first-order valence-electron chi connectivity index (χ1n) is 4.73. The fourth-order valence-electron chi connectivity index (χ4n) is 1.57. The summed E-state index contributed by atoms with van der Waals surface area (Å²) in [5.74, 6) is 0.535. The molecule has 0 atom stereocenters. The molecule has 0 radical (unpaired) electrons. The number of hydrogen-bond donors (Lipinski definition) is 0. The fourth-order valence-corrected chi connectivity index (χ4v) is 1.57. The molecule has 1 aromatic heterocycles. The molecule has 1 aromatic rings. The Kier molecular flexibility index (Phi) is 2.45. The van der Waals surface area contributed by atoms with Gasteiger partial charge in [-0.3, -0.25) is 9.59 Å². The Balaban J connectivity index is 2.09. The molecular formula is C10H11N3O2. The van der Waals surface area contributed by atoms with Crippen LogP contribution in [0, 0.1) is 6.92 Å². The molecule has 1 aliphatic heterocycles. The van der Waals surface area contributed by atoms with Crippen molar-refractivity contribution in [3.63, 3.8) is 0 Å². The van der Waals surface area contributed by atoms with Crippen molar-refractivity contribution in [1.29, 1.82) is 0 Å². The molecule has 15 heavy (non-hydrogen) atoms. The first-order chi connectivity index (χ1) is 7.15. The summed E-state index contributed by atoms with van der Waals surface area (Å²) < 4.78 is 0. The van der Waals surface area contributed by atoms with E-state index in [1.807, 2.05) is 0 Å². The molecule has 1 amide bonds. The monoisotopic (exact) mass is 205 g/mol. The van der Waals surface area contributed by atoms with E-state index in [1.54, 1.807) is 19.2 Å². The molecule has 5 heteroatoms. The molecule has 1 saturated heterocycles. The molecule has 0 bridgehead atoms. The number of ketones is 1. The van der Waals surface area contributed by atoms with Crippen molar-refractivity contribution in [2.45, 2.75) is 19.9 Å². The van der Waals surface area contributed by atoms with Crippen molar-refractivity contribution < 1.29 is 9.59 Å². The van der Waals surface area contributed by atoms with Gasteiger partial charge in [-0.25, -0.2) is 9.97 Å². The minimum atomic E-state index is -0.115. The molecule has 2 heterocycles. The first-order valence-corrected chi connectivity index (χ1v) is 4.73. The number of carbonyl (C=O) groups excluding carboxylic acids is 2. The molecule has 0 saturated carbocycles. The third-order valence-electron chi connectivity index (χ3n) is 2.25. The van der Waals surface area contributed by atoms with Gasteiger partial charge in [0.1, 0.15) is 5.82 Å². The highest BCUT2D eigenvalue weighted by Gasteiger charge is 2.27. The maximum Gasteiger partial charge on any atom is 0.230 e. The summed E-state index contributed by atoms with van der Waals surface area (Å²) in [5.41, 5.74) is 0.769. The second-order valence-corrected chi connectivity index (χ2v) is 3.56. The van der Waals surface area contributed by atoms with E-state index < -0.39 is 0 Å². The van der Waals surface area contributed by atoms with E-state index >= 15 is 0 Å². The second kappa shape index (κ2) is 3.76. The lowest BCUT2D eigenvalue weighted by Crippen LogP contribution is -2.25. The van der Waals surface area contributed by atoms with Crippen LogP contribution in [0.2, 0.25) is 0 Å². The maximum atomic E-state index is 11.3. The van der Waals surface area contributed by atoms with Gasteiger partial charge in [-0.1, -0.05) is 0 Å². The number of likely N-dealkylation sites (tertiary alicyclic amines) is 1. The van der Waals surface area contributed by atoms with Gasteiger partial charge < -0.3 is 4.90 Å². The van der Waals surface area contributed by atoms with Gasteiger partial charge in [0.25, 0.3) is 0 Å². The lowest BCUT2D eigenvalue weighted by Gasteiger charge is -2.13. The Morgan fingerprint density at radius 1 is 1.47 bits per heavy atom. The molecule has 1 aliphatic rings. The van der Waals surface area contributed by atoms with Crippen LogP contribution >= 0.6 is 0 Å². The van der Waals surface area contributed by atoms with E-state index in [0.717, 1.165) is 5.69 Å². The predicted molar refractivity (Wildman–Crippen MR) is 51.8 cm³/mol. The Morgan fingerprint density at radius 2 is 2.27 bits per heavy atom. The third kappa shape index (κ3) is 2.18. The van der Waals surface area contributed by atoms with Crippen LogP contribution in [0.3, 0.4) is 0 Å². The molecule has 5 nitrogen and oxygen atoms in total. The van der Waals surface area contributed by atoms with Gasteiger partial charge in [0.15, 0.2) is 5.78 Å². The molecule has 0 spiro atoms. The van der Waals surface area contributed by atoms with Crippen molar-refractivity contribution in [2.24, 2.45) is 0 Å². The van der Waals surface area contributed by atoms with Crippen LogP contribution < -0.4 is 0 Å². The number of amides is 1. The largest absolute Gasteiger partial charge is 0.329 e. The van der Waals surface area contributed by atoms with E-state index in [2.05, 4.69) is 9.97 Å². The Bertz CT molecular complexity index is 417. The molecule has 1 fully saturated rings. The standard InChI is InChI=1S/C10H11N3O2/c1-7-11-3-2-8(12-7)5-13-6-9(14)4-10(13)15/h2-3H,4-6H2,1H3. The summed E-state index contributed by atoms with van der Waals surface area (Å²) in [6.45, 7) is 2.40. The summed E-state index contributed by atoms with van der Waals surface area (Å²) in [6.07, 6.45) is 1.68. The van der Waals surface area contributed by atoms with Gasteiger partial charge in [-0.2, -0.15) is 0 Å². The molecule has 0 aliphatic carbocycles. The van der Waals surface area contributed by atoms with Gasteiger partial charge in [0.2, 0.25) is 5.91 Å². The zero-order valence-corrected chi connectivity index (χ0v) is 8.43. The van der Waals surface area contributed by atoms with Gasteiger partial charge in [0, 0.05) is 6.20 Å². The second-order valence-electron chi connectivity index (χ2n) is 3.56. The van der Waals surface area contributed by atoms with Crippen LogP contribution in [-0.4, -0.2) is 33.1 Å². The van der Waals surface area contributed by atoms with Gasteiger partial charge >= 0.3 is 0 Å². The number of rotatable bonds is 2. The van der Waals surface area contributed by atoms with Crippen molar-refractivity contribution in [3.05, 3.63) is 23.8 Å². The average Bonchev–Trinajstić information content (AvgIpc) is 2.45. The number of carbonyl (C=O) groups is 2. The third-order valence-corrected chi connectivity index (χ3v) is 2.25. The van der Waals surface area contributed by atoms with Crippen LogP contribution in [0.25, 0.3) is 0 Å². The van der Waals surface area contributed by atoms with E-state index in [1.165, 1.54) is 4.90 Å². The van der Waals surface area contributed by atoms with Crippen molar-refractivity contribution in [2.75, 3.05) is 6.54 Å². The topological polar surface area (TPSA) is 63.2 Å². The van der Waals surface area contributed by atoms with E-state index in [-0.39, 0.29) is 24.7 Å². The van der Waals surface area contributed by atoms with E-state index in [4.69, 9.17) is 0 Å². The number of aryl methyl sites for hydroxylation is 1. The lowest BCUT2D eigenvalue weighted by molar-refractivity contribution is -0.128. The number of hydrogen-bond acceptors (Lipinski definition) is 4. The Labute approximate surface area is 87.1 Å². The first kappa shape index (κ1) is 9.76. The van der Waals surface area contributed by atoms with Gasteiger partial charge in [-0.05, 0) is 13.0 Å². The summed E-state index contributed by atoms with van der Waals surface area (Å²) >= 11 is 0. The highest BCUT2D eigenvalue weighted by atomic mass is 16.2. The van der Waals surface area contributed by atoms with Crippen LogP contribution in [0.5, 0.6) is 0 Å². The van der Waals surface area contributed by atoms with Gasteiger partial charge in [-0.15, -0.1) is 0 Å². The normalized spacial score (nSPS) is 16.2. The number of Topliss-reactive ketones (excluding diaryl/α,β-unsaturated/α-hetero) is 1. The van der Waals surface area contributed by atoms with Crippen LogP contribution in [-0.2, 0) is 16.1 Å². The minimum Gasteiger partial charge on any atom is -0.329 e. The molecular weight excluding hydrogens is 194 g/mol. The van der Waals surface area contributed by atoms with Crippen LogP contribution in [0.15, 0.2) is 12.3 Å². The van der Waals surface area contributed by atoms with Crippen molar-refractivity contribution in [3.8, 4) is 0 Å². The molecule has 78 valence electrons. The molecule has 0 N–H and O–H groups in total. The summed E-state index contributed by atoms with van der Waals surface area (Å²) in [5, 5.41) is 0. The average molecular weight is 205 g/mol. The van der Waals surface area contributed by atoms with Gasteiger partial charge in [0.05, 0.1) is 25.2 Å². The molecule has 0 aromatic carbocycles. The molecule has 2 rings (SSSR count). The smallest absolute Gasteiger partial charge is 0.230 e. The highest BCUT2D eigenvalue weighted by molar-refractivity contribution is 6.05. The Hall–Kier alpha value is -1.78. The quantitative estimate of drug-likeness (QED) is 0.642. The van der Waals surface area contributed by atoms with Crippen molar-refractivity contribution >= 4 is 11.7 Å². The Morgan fingerprint density at radius 3 is 2.87 bits per heavy atom. The highest BCUT2D eigenvalue weighted by Crippen LogP contribution is 2.10. The number of nitrogens with zero attached hydrogens (tertiary/aromatic N) is 3. The van der Waals surface area contributed by atoms with Crippen LogP contribution in [0.4, 0.5) is 0 Å². The van der Waals surface area contributed by atoms with Crippen molar-refractivity contribution in [1.82, 2.24) is 14.9 Å². The zero-order valence-electron chi connectivity index (χ0n) is 8.43. The fraction of sp³-hybridized carbons (Fsp3) is 0.400. The maximum absolute atomic E-state index is 11.3. The summed E-state index contributed by atoms with van der Waals surface area (Å²) in [7, 11) is 0. The summed E-state index contributed by atoms with van der Waals surface area (Å²) in [4.78, 5) is 32.0. The van der Waals surface area contributed by atoms with E-state index in [9.17, 15) is 9.59 Å². The zero-order chi connectivity index (χ0) is 10.8. The van der Waals surface area contributed by atoms with E-state index in [0.29, 0.717) is 12.4 Å². The predicted octanol–water partition coefficient (Wildman–Crippen LogP) is 0.0864. The SMILES string of the molecule is Cc1nccc(CN2CC(=O)CC2=O)n1. The minimum absolute atomic E-state index is 0.0224. The molecule has 0 unspecified atom stereocenters. The van der Waals surface area contributed by atoms with Crippen LogP contribution in [0.1, 0.15) is 17.9 Å². The summed E-state index contributed by atoms with van der Waals surface area (Å²) in [6, 6.07) is 1.75. The lowest BCUT2D eigenvalue weighted by atomic mass is 10.3. The number of aromatic nitrogens is 2.